The molecule has 0 aromatic heterocycles. The van der Waals surface area contributed by atoms with E-state index in [0.717, 1.165) is 21.9 Å². The highest BCUT2D eigenvalue weighted by Crippen LogP contribution is 2.34. The van der Waals surface area contributed by atoms with Crippen LogP contribution in [0.2, 0.25) is 0 Å². The molecular weight excluding hydrogens is 236 g/mol. The number of thioether (sulfide) groups is 1. The van der Waals surface area contributed by atoms with Crippen molar-refractivity contribution in [3.8, 4) is 0 Å². The summed E-state index contributed by atoms with van der Waals surface area (Å²) in [6, 6.07) is 3.78. The fourth-order valence-corrected chi connectivity index (χ4v) is 2.68. The zero-order valence-corrected chi connectivity index (χ0v) is 10.5. The Hall–Kier alpha value is -1.20. The average molecular weight is 252 g/mol. The molecule has 5 heteroatoms. The number of nitrogens with one attached hydrogen (secondary N) is 1. The molecule has 1 aromatic carbocycles. The Labute approximate surface area is 105 Å². The average Bonchev–Trinajstić information content (AvgIpc) is 2.64. The van der Waals surface area contributed by atoms with Gasteiger partial charge in [0.2, 0.25) is 5.91 Å². The molecule has 1 aromatic rings. The van der Waals surface area contributed by atoms with Crippen molar-refractivity contribution >= 4 is 29.0 Å². The summed E-state index contributed by atoms with van der Waals surface area (Å²) in [5.74, 6) is 1.07. The van der Waals surface area contributed by atoms with Crippen molar-refractivity contribution in [3.05, 3.63) is 17.7 Å². The Balaban J connectivity index is 2.14. The van der Waals surface area contributed by atoms with E-state index in [-0.39, 0.29) is 18.4 Å². The molecule has 1 aliphatic heterocycles. The lowest BCUT2D eigenvalue weighted by Gasteiger charge is -2.11. The number of rotatable bonds is 4. The lowest BCUT2D eigenvalue weighted by atomic mass is 10.1. The Bertz CT molecular complexity index is 448. The van der Waals surface area contributed by atoms with Crippen LogP contribution in [0.4, 0.5) is 11.4 Å². The molecule has 1 amide bonds. The summed E-state index contributed by atoms with van der Waals surface area (Å²) in [7, 11) is 0. The van der Waals surface area contributed by atoms with Gasteiger partial charge in [0.1, 0.15) is 0 Å². The fourth-order valence-electron chi connectivity index (χ4n) is 1.68. The Morgan fingerprint density at radius 1 is 1.59 bits per heavy atom. The Kier molecular flexibility index (Phi) is 3.59. The van der Waals surface area contributed by atoms with E-state index in [4.69, 9.17) is 10.8 Å². The van der Waals surface area contributed by atoms with Gasteiger partial charge in [0, 0.05) is 28.6 Å². The van der Waals surface area contributed by atoms with Crippen LogP contribution in [-0.2, 0) is 11.2 Å². The number of carbonyl (C=O) groups excluding carboxylic acids is 1. The normalized spacial score (nSPS) is 15.5. The first-order valence-electron chi connectivity index (χ1n) is 5.56. The van der Waals surface area contributed by atoms with E-state index in [1.165, 1.54) is 0 Å². The van der Waals surface area contributed by atoms with Gasteiger partial charge in [0.25, 0.3) is 0 Å². The predicted octanol–water partition coefficient (Wildman–Crippen LogP) is 1.48. The van der Waals surface area contributed by atoms with Gasteiger partial charge in [0.15, 0.2) is 0 Å². The highest BCUT2D eigenvalue weighted by molar-refractivity contribution is 7.99. The number of carbonyl (C=O) groups is 1. The van der Waals surface area contributed by atoms with Crippen LogP contribution in [0.5, 0.6) is 0 Å². The van der Waals surface area contributed by atoms with Gasteiger partial charge in [-0.05, 0) is 23.6 Å². The SMILES string of the molecule is CC(CO)CSc1cc2c(cc1N)CC(=O)N2. The molecule has 0 saturated heterocycles. The topological polar surface area (TPSA) is 75.3 Å². The van der Waals surface area contributed by atoms with Gasteiger partial charge in [-0.3, -0.25) is 4.79 Å². The lowest BCUT2D eigenvalue weighted by Crippen LogP contribution is -2.04. The molecule has 17 heavy (non-hydrogen) atoms. The molecule has 1 heterocycles. The molecule has 1 aliphatic rings. The van der Waals surface area contributed by atoms with Crippen molar-refractivity contribution in [1.29, 1.82) is 0 Å². The summed E-state index contributed by atoms with van der Waals surface area (Å²) >= 11 is 1.61. The Morgan fingerprint density at radius 3 is 3.06 bits per heavy atom. The van der Waals surface area contributed by atoms with Crippen molar-refractivity contribution in [2.24, 2.45) is 5.92 Å². The molecule has 0 radical (unpaired) electrons. The highest BCUT2D eigenvalue weighted by atomic mass is 32.2. The fraction of sp³-hybridized carbons (Fsp3) is 0.417. The number of anilines is 2. The van der Waals surface area contributed by atoms with Crippen LogP contribution in [0.3, 0.4) is 0 Å². The van der Waals surface area contributed by atoms with Gasteiger partial charge in [0.05, 0.1) is 6.42 Å². The summed E-state index contributed by atoms with van der Waals surface area (Å²) in [6.07, 6.45) is 0.414. The standard InChI is InChI=1S/C12H16N2O2S/c1-7(5-15)6-17-11-4-10-8(2-9(11)13)3-12(16)14-10/h2,4,7,15H,3,5-6,13H2,1H3,(H,14,16). The molecule has 1 unspecified atom stereocenters. The van der Waals surface area contributed by atoms with Crippen molar-refractivity contribution in [2.75, 3.05) is 23.4 Å². The minimum Gasteiger partial charge on any atom is -0.398 e. The second kappa shape index (κ2) is 4.98. The molecule has 4 nitrogen and oxygen atoms in total. The van der Waals surface area contributed by atoms with E-state index in [9.17, 15) is 4.79 Å². The number of hydrogen-bond donors (Lipinski definition) is 3. The molecule has 4 N–H and O–H groups in total. The summed E-state index contributed by atoms with van der Waals surface area (Å²) < 4.78 is 0. The third kappa shape index (κ3) is 2.73. The molecule has 1 atom stereocenters. The number of hydrogen-bond acceptors (Lipinski definition) is 4. The molecule has 0 aliphatic carbocycles. The van der Waals surface area contributed by atoms with Crippen molar-refractivity contribution in [1.82, 2.24) is 0 Å². The van der Waals surface area contributed by atoms with Crippen LogP contribution >= 0.6 is 11.8 Å². The summed E-state index contributed by atoms with van der Waals surface area (Å²) in [5.41, 5.74) is 8.48. The van der Waals surface area contributed by atoms with Crippen LogP contribution < -0.4 is 11.1 Å². The third-order valence-corrected chi connectivity index (χ3v) is 4.10. The monoisotopic (exact) mass is 252 g/mol. The maximum absolute atomic E-state index is 11.2. The highest BCUT2D eigenvalue weighted by Gasteiger charge is 2.19. The van der Waals surface area contributed by atoms with Gasteiger partial charge in [-0.2, -0.15) is 0 Å². The second-order valence-corrected chi connectivity index (χ2v) is 5.43. The zero-order valence-electron chi connectivity index (χ0n) is 9.69. The van der Waals surface area contributed by atoms with Gasteiger partial charge in [-0.1, -0.05) is 6.92 Å². The number of benzene rings is 1. The molecule has 92 valence electrons. The molecule has 0 fully saturated rings. The van der Waals surface area contributed by atoms with Crippen molar-refractivity contribution < 1.29 is 9.90 Å². The van der Waals surface area contributed by atoms with Crippen LogP contribution in [0.15, 0.2) is 17.0 Å². The number of aliphatic hydroxyl groups is 1. The van der Waals surface area contributed by atoms with Gasteiger partial charge < -0.3 is 16.2 Å². The minimum atomic E-state index is 0.0188. The molecule has 0 spiro atoms. The van der Waals surface area contributed by atoms with Gasteiger partial charge >= 0.3 is 0 Å². The predicted molar refractivity (Wildman–Crippen MR) is 70.2 cm³/mol. The number of fused-ring (bicyclic) bond motifs is 1. The van der Waals surface area contributed by atoms with Crippen LogP contribution in [0.25, 0.3) is 0 Å². The van der Waals surface area contributed by atoms with Gasteiger partial charge in [-0.25, -0.2) is 0 Å². The van der Waals surface area contributed by atoms with E-state index >= 15 is 0 Å². The molecule has 2 rings (SSSR count). The smallest absolute Gasteiger partial charge is 0.228 e. The molecule has 0 saturated carbocycles. The largest absolute Gasteiger partial charge is 0.398 e. The number of amides is 1. The zero-order chi connectivity index (χ0) is 12.4. The van der Waals surface area contributed by atoms with Crippen LogP contribution in [-0.4, -0.2) is 23.4 Å². The Morgan fingerprint density at radius 2 is 2.35 bits per heavy atom. The van der Waals surface area contributed by atoms with E-state index in [1.807, 2.05) is 19.1 Å². The first kappa shape index (κ1) is 12.3. The first-order chi connectivity index (χ1) is 8.10. The summed E-state index contributed by atoms with van der Waals surface area (Å²) in [6.45, 7) is 2.16. The number of aliphatic hydroxyl groups excluding tert-OH is 1. The lowest BCUT2D eigenvalue weighted by molar-refractivity contribution is -0.115. The quantitative estimate of drug-likeness (QED) is 0.560. The van der Waals surface area contributed by atoms with E-state index in [1.54, 1.807) is 11.8 Å². The van der Waals surface area contributed by atoms with Crippen molar-refractivity contribution in [3.63, 3.8) is 0 Å². The third-order valence-electron chi connectivity index (χ3n) is 2.70. The summed E-state index contributed by atoms with van der Waals surface area (Å²) in [5, 5.41) is 11.8. The van der Waals surface area contributed by atoms with E-state index < -0.39 is 0 Å². The number of nitrogen functional groups attached to an aromatic ring is 1. The first-order valence-corrected chi connectivity index (χ1v) is 6.54. The second-order valence-electron chi connectivity index (χ2n) is 4.37. The van der Waals surface area contributed by atoms with Crippen LogP contribution in [0.1, 0.15) is 12.5 Å². The molecular formula is C12H16N2O2S. The minimum absolute atomic E-state index is 0.0188. The van der Waals surface area contributed by atoms with E-state index in [0.29, 0.717) is 12.1 Å². The van der Waals surface area contributed by atoms with Gasteiger partial charge in [-0.15, -0.1) is 11.8 Å². The van der Waals surface area contributed by atoms with E-state index in [2.05, 4.69) is 5.32 Å². The maximum atomic E-state index is 11.2. The molecule has 0 bridgehead atoms. The van der Waals surface area contributed by atoms with Crippen LogP contribution in [0, 0.1) is 5.92 Å². The summed E-state index contributed by atoms with van der Waals surface area (Å²) in [4.78, 5) is 12.2. The van der Waals surface area contributed by atoms with Crippen molar-refractivity contribution in [2.45, 2.75) is 18.2 Å². The number of nitrogens with two attached hydrogens (primary N) is 1. The maximum Gasteiger partial charge on any atom is 0.228 e.